The van der Waals surface area contributed by atoms with Crippen LogP contribution >= 0.6 is 0 Å². The zero-order valence-corrected chi connectivity index (χ0v) is 17.3. The Hall–Kier alpha value is -1.54. The summed E-state index contributed by atoms with van der Waals surface area (Å²) >= 11 is 0. The van der Waals surface area contributed by atoms with Crippen LogP contribution in [0.5, 0.6) is 0 Å². The lowest BCUT2D eigenvalue weighted by atomic mass is 10.1. The molecule has 148 valence electrons. The van der Waals surface area contributed by atoms with Crippen molar-refractivity contribution in [2.45, 2.75) is 104 Å². The quantitative estimate of drug-likeness (QED) is 0.373. The van der Waals surface area contributed by atoms with E-state index in [2.05, 4.69) is 18.8 Å². The first-order chi connectivity index (χ1) is 12.1. The number of ether oxygens (including phenoxy) is 2. The molecule has 0 unspecified atom stereocenters. The Morgan fingerprint density at radius 3 is 2.38 bits per heavy atom. The molecule has 0 saturated carbocycles. The van der Waals surface area contributed by atoms with Crippen LogP contribution in [-0.2, 0) is 14.3 Å². The molecule has 0 aromatic rings. The largest absolute Gasteiger partial charge is 0.444 e. The third-order valence-electron chi connectivity index (χ3n) is 4.25. The monoisotopic (exact) mass is 365 g/mol. The molecule has 1 aliphatic heterocycles. The molecule has 0 aromatic carbocycles. The molecule has 0 radical (unpaired) electrons. The van der Waals surface area contributed by atoms with Crippen LogP contribution in [0.1, 0.15) is 86.5 Å². The summed E-state index contributed by atoms with van der Waals surface area (Å²) in [4.78, 5) is 26.4. The fourth-order valence-electron chi connectivity index (χ4n) is 2.88. The smallest absolute Gasteiger partial charge is 0.413 e. The number of amides is 1. The summed E-state index contributed by atoms with van der Waals surface area (Å²) < 4.78 is 11.1. The Bertz CT molecular complexity index is 536. The summed E-state index contributed by atoms with van der Waals surface area (Å²) in [5.41, 5.74) is -1.52. The SMILES string of the molecule is CCCCCCCCC#CC(=O)[C@@H]1COC(C)(C)N1C(=O)OC(C)(C)C. The lowest BCUT2D eigenvalue weighted by Gasteiger charge is -2.34. The molecule has 0 bridgehead atoms. The Labute approximate surface area is 158 Å². The van der Waals surface area contributed by atoms with Gasteiger partial charge in [-0.05, 0) is 47.0 Å². The molecule has 0 aliphatic carbocycles. The summed E-state index contributed by atoms with van der Waals surface area (Å²) in [7, 11) is 0. The topological polar surface area (TPSA) is 55.8 Å². The molecule has 1 rings (SSSR count). The van der Waals surface area contributed by atoms with Gasteiger partial charge in [0.2, 0.25) is 5.78 Å². The molecule has 5 nitrogen and oxygen atoms in total. The van der Waals surface area contributed by atoms with Gasteiger partial charge in [0.15, 0.2) is 0 Å². The Morgan fingerprint density at radius 2 is 1.77 bits per heavy atom. The molecule has 26 heavy (non-hydrogen) atoms. The van der Waals surface area contributed by atoms with Gasteiger partial charge in [-0.2, -0.15) is 0 Å². The number of carbonyl (C=O) groups excluding carboxylic acids is 2. The van der Waals surface area contributed by atoms with Crippen LogP contribution in [0.4, 0.5) is 4.79 Å². The number of carbonyl (C=O) groups is 2. The summed E-state index contributed by atoms with van der Waals surface area (Å²) in [5, 5.41) is 0. The van der Waals surface area contributed by atoms with E-state index < -0.39 is 23.5 Å². The maximum atomic E-state index is 12.5. The molecule has 1 fully saturated rings. The van der Waals surface area contributed by atoms with E-state index in [1.165, 1.54) is 30.6 Å². The van der Waals surface area contributed by atoms with Crippen molar-refractivity contribution in [1.82, 2.24) is 4.90 Å². The number of rotatable bonds is 7. The molecule has 1 amide bonds. The van der Waals surface area contributed by atoms with Crippen molar-refractivity contribution in [3.63, 3.8) is 0 Å². The molecule has 0 spiro atoms. The van der Waals surface area contributed by atoms with Gasteiger partial charge in [0, 0.05) is 6.42 Å². The van der Waals surface area contributed by atoms with Crippen LogP contribution in [-0.4, -0.2) is 40.8 Å². The molecule has 1 atom stereocenters. The second-order valence-corrected chi connectivity index (χ2v) is 8.31. The predicted octanol–water partition coefficient (Wildman–Crippen LogP) is 4.68. The Morgan fingerprint density at radius 1 is 1.15 bits per heavy atom. The average Bonchev–Trinajstić information content (AvgIpc) is 2.83. The van der Waals surface area contributed by atoms with Crippen molar-refractivity contribution in [3.05, 3.63) is 0 Å². The minimum Gasteiger partial charge on any atom is -0.444 e. The molecule has 1 saturated heterocycles. The highest BCUT2D eigenvalue weighted by atomic mass is 16.6. The highest BCUT2D eigenvalue weighted by Gasteiger charge is 2.48. The van der Waals surface area contributed by atoms with Gasteiger partial charge in [0.05, 0.1) is 6.61 Å². The second kappa shape index (κ2) is 9.97. The zero-order chi connectivity index (χ0) is 19.8. The van der Waals surface area contributed by atoms with E-state index in [0.717, 1.165) is 12.8 Å². The van der Waals surface area contributed by atoms with Gasteiger partial charge in [-0.15, -0.1) is 0 Å². The van der Waals surface area contributed by atoms with Crippen molar-refractivity contribution in [3.8, 4) is 11.8 Å². The normalized spacial score (nSPS) is 19.0. The van der Waals surface area contributed by atoms with Gasteiger partial charge in [0.25, 0.3) is 0 Å². The number of ketones is 1. The predicted molar refractivity (Wildman–Crippen MR) is 103 cm³/mol. The van der Waals surface area contributed by atoms with Gasteiger partial charge < -0.3 is 9.47 Å². The minimum absolute atomic E-state index is 0.150. The lowest BCUT2D eigenvalue weighted by Crippen LogP contribution is -2.52. The summed E-state index contributed by atoms with van der Waals surface area (Å²) in [6, 6.07) is -0.711. The fraction of sp³-hybridized carbons (Fsp3) is 0.810. The van der Waals surface area contributed by atoms with Crippen molar-refractivity contribution >= 4 is 11.9 Å². The Balaban J connectivity index is 2.59. The number of hydrogen-bond acceptors (Lipinski definition) is 4. The van der Waals surface area contributed by atoms with E-state index >= 15 is 0 Å². The maximum absolute atomic E-state index is 12.5. The van der Waals surface area contributed by atoms with Gasteiger partial charge in [-0.25, -0.2) is 4.79 Å². The molecule has 0 aromatic heterocycles. The molecule has 5 heteroatoms. The van der Waals surface area contributed by atoms with Crippen LogP contribution in [0.25, 0.3) is 0 Å². The van der Waals surface area contributed by atoms with Crippen LogP contribution < -0.4 is 0 Å². The fourth-order valence-corrected chi connectivity index (χ4v) is 2.88. The van der Waals surface area contributed by atoms with Crippen LogP contribution in [0.2, 0.25) is 0 Å². The summed E-state index contributed by atoms with van der Waals surface area (Å²) in [5.74, 6) is 5.36. The zero-order valence-electron chi connectivity index (χ0n) is 17.3. The first-order valence-corrected chi connectivity index (χ1v) is 9.77. The minimum atomic E-state index is -0.885. The molecule has 1 heterocycles. The van der Waals surface area contributed by atoms with E-state index in [1.54, 1.807) is 34.6 Å². The standard InChI is InChI=1S/C21H35NO4/c1-7-8-9-10-11-12-13-14-15-18(23)17-16-25-21(5,6)22(17)19(24)26-20(2,3)4/h17H,7-13,16H2,1-6H3/t17-/m0/s1. The average molecular weight is 366 g/mol. The van der Waals surface area contributed by atoms with Crippen molar-refractivity contribution in [2.24, 2.45) is 0 Å². The lowest BCUT2D eigenvalue weighted by molar-refractivity contribution is -0.119. The van der Waals surface area contributed by atoms with E-state index in [0.29, 0.717) is 6.42 Å². The third kappa shape index (κ3) is 7.37. The molecule has 1 aliphatic rings. The molecular weight excluding hydrogens is 330 g/mol. The molecular formula is C21H35NO4. The summed E-state index contributed by atoms with van der Waals surface area (Å²) in [6.45, 7) is 11.3. The summed E-state index contributed by atoms with van der Waals surface area (Å²) in [6.07, 6.45) is 7.32. The van der Waals surface area contributed by atoms with E-state index in [4.69, 9.17) is 9.47 Å². The van der Waals surface area contributed by atoms with Crippen molar-refractivity contribution in [1.29, 1.82) is 0 Å². The Kier molecular flexibility index (Phi) is 8.62. The van der Waals surface area contributed by atoms with Crippen molar-refractivity contribution < 1.29 is 19.1 Å². The van der Waals surface area contributed by atoms with Gasteiger partial charge >= 0.3 is 6.09 Å². The van der Waals surface area contributed by atoms with Crippen LogP contribution in [0.3, 0.4) is 0 Å². The van der Waals surface area contributed by atoms with Gasteiger partial charge in [0.1, 0.15) is 17.4 Å². The van der Waals surface area contributed by atoms with Crippen molar-refractivity contribution in [2.75, 3.05) is 6.61 Å². The number of unbranched alkanes of at least 4 members (excludes halogenated alkanes) is 6. The maximum Gasteiger partial charge on any atom is 0.413 e. The van der Waals surface area contributed by atoms with Crippen LogP contribution in [0, 0.1) is 11.8 Å². The van der Waals surface area contributed by atoms with Gasteiger partial charge in [-0.1, -0.05) is 44.9 Å². The number of nitrogens with zero attached hydrogens (tertiary/aromatic N) is 1. The van der Waals surface area contributed by atoms with E-state index in [1.807, 2.05) is 0 Å². The number of Topliss-reactive ketones (excluding diaryl/α,β-unsaturated/α-hetero) is 1. The van der Waals surface area contributed by atoms with Crippen LogP contribution in [0.15, 0.2) is 0 Å². The van der Waals surface area contributed by atoms with E-state index in [-0.39, 0.29) is 12.4 Å². The first kappa shape index (κ1) is 22.5. The highest BCUT2D eigenvalue weighted by molar-refractivity contribution is 6.01. The third-order valence-corrected chi connectivity index (χ3v) is 4.25. The van der Waals surface area contributed by atoms with E-state index in [9.17, 15) is 9.59 Å². The molecule has 0 N–H and O–H groups in total. The highest BCUT2D eigenvalue weighted by Crippen LogP contribution is 2.29. The second-order valence-electron chi connectivity index (χ2n) is 8.31. The number of hydrogen-bond donors (Lipinski definition) is 0. The first-order valence-electron chi connectivity index (χ1n) is 9.77. The van der Waals surface area contributed by atoms with Gasteiger partial charge in [-0.3, -0.25) is 9.69 Å².